The van der Waals surface area contributed by atoms with E-state index in [-0.39, 0.29) is 18.4 Å². The van der Waals surface area contributed by atoms with E-state index in [0.29, 0.717) is 22.3 Å². The van der Waals surface area contributed by atoms with Gasteiger partial charge in [-0.05, 0) is 48.0 Å². The van der Waals surface area contributed by atoms with Crippen molar-refractivity contribution in [2.75, 3.05) is 13.7 Å². The Hall–Kier alpha value is -1.56. The number of ether oxygens (including phenoxy) is 1. The lowest BCUT2D eigenvalue weighted by Crippen LogP contribution is -2.39. The van der Waals surface area contributed by atoms with Gasteiger partial charge < -0.3 is 14.7 Å². The second-order valence-corrected chi connectivity index (χ2v) is 5.24. The summed E-state index contributed by atoms with van der Waals surface area (Å²) in [5.74, 6) is -0.465. The van der Waals surface area contributed by atoms with Crippen LogP contribution in [0.2, 0.25) is 0 Å². The maximum atomic E-state index is 12.4. The van der Waals surface area contributed by atoms with E-state index < -0.39 is 5.97 Å². The van der Waals surface area contributed by atoms with Crippen LogP contribution in [0.3, 0.4) is 0 Å². The summed E-state index contributed by atoms with van der Waals surface area (Å²) < 4.78 is 5.80. The van der Waals surface area contributed by atoms with Gasteiger partial charge in [0, 0.05) is 18.2 Å². The Labute approximate surface area is 126 Å². The number of carbonyl (C=O) groups excluding carboxylic acids is 1. The Balaban J connectivity index is 2.96. The van der Waals surface area contributed by atoms with Gasteiger partial charge in [-0.3, -0.25) is 9.59 Å². The molecule has 1 N–H and O–H groups in total. The third kappa shape index (κ3) is 3.96. The van der Waals surface area contributed by atoms with Gasteiger partial charge in [0.15, 0.2) is 0 Å². The van der Waals surface area contributed by atoms with Crippen LogP contribution >= 0.6 is 15.9 Å². The summed E-state index contributed by atoms with van der Waals surface area (Å²) in [7, 11) is 1.55. The lowest BCUT2D eigenvalue weighted by atomic mass is 10.1. The Morgan fingerprint density at radius 1 is 1.45 bits per heavy atom. The molecule has 1 rings (SSSR count). The molecule has 0 aromatic heterocycles. The van der Waals surface area contributed by atoms with Crippen molar-refractivity contribution < 1.29 is 19.4 Å². The third-order valence-corrected chi connectivity index (χ3v) is 3.62. The van der Waals surface area contributed by atoms with Crippen LogP contribution in [0.5, 0.6) is 5.75 Å². The maximum Gasteiger partial charge on any atom is 0.305 e. The topological polar surface area (TPSA) is 66.8 Å². The molecule has 1 aromatic rings. The molecule has 0 saturated carbocycles. The molecular weight excluding hydrogens is 326 g/mol. The van der Waals surface area contributed by atoms with Crippen molar-refractivity contribution in [3.63, 3.8) is 0 Å². The Morgan fingerprint density at radius 3 is 2.55 bits per heavy atom. The van der Waals surface area contributed by atoms with Crippen LogP contribution in [0.15, 0.2) is 22.7 Å². The van der Waals surface area contributed by atoms with Crippen molar-refractivity contribution in [2.24, 2.45) is 0 Å². The van der Waals surface area contributed by atoms with Gasteiger partial charge in [-0.25, -0.2) is 0 Å². The van der Waals surface area contributed by atoms with Crippen LogP contribution < -0.4 is 4.74 Å². The van der Waals surface area contributed by atoms with Gasteiger partial charge in [-0.1, -0.05) is 0 Å². The van der Waals surface area contributed by atoms with Gasteiger partial charge in [0.2, 0.25) is 0 Å². The molecule has 0 aliphatic rings. The predicted molar refractivity (Wildman–Crippen MR) is 79.1 cm³/mol. The zero-order valence-corrected chi connectivity index (χ0v) is 13.3. The van der Waals surface area contributed by atoms with E-state index >= 15 is 0 Å². The fraction of sp³-hybridized carbons (Fsp3) is 0.429. The van der Waals surface area contributed by atoms with Crippen LogP contribution in [0.1, 0.15) is 30.6 Å². The second kappa shape index (κ2) is 7.28. The molecule has 0 spiro atoms. The van der Waals surface area contributed by atoms with Gasteiger partial charge in [0.05, 0.1) is 18.0 Å². The first kappa shape index (κ1) is 16.5. The molecule has 1 unspecified atom stereocenters. The number of carboxylic acids is 1. The highest BCUT2D eigenvalue weighted by Crippen LogP contribution is 2.26. The molecule has 20 heavy (non-hydrogen) atoms. The number of aliphatic carboxylic acids is 1. The Bertz CT molecular complexity index is 504. The van der Waals surface area contributed by atoms with Crippen LogP contribution in [-0.2, 0) is 4.79 Å². The lowest BCUT2D eigenvalue weighted by Gasteiger charge is -2.27. The Kier molecular flexibility index (Phi) is 6.01. The summed E-state index contributed by atoms with van der Waals surface area (Å²) >= 11 is 3.33. The van der Waals surface area contributed by atoms with Crippen molar-refractivity contribution >= 4 is 27.8 Å². The average Bonchev–Trinajstić information content (AvgIpc) is 2.38. The summed E-state index contributed by atoms with van der Waals surface area (Å²) in [6.45, 7) is 4.01. The van der Waals surface area contributed by atoms with E-state index in [1.165, 1.54) is 0 Å². The normalized spacial score (nSPS) is 11.8. The summed E-state index contributed by atoms with van der Waals surface area (Å²) in [6.07, 6.45) is -0.0725. The number of hydrogen-bond donors (Lipinski definition) is 1. The number of amides is 1. The van der Waals surface area contributed by atoms with Crippen LogP contribution in [0, 0.1) is 0 Å². The van der Waals surface area contributed by atoms with E-state index in [9.17, 15) is 9.59 Å². The number of nitrogens with zero attached hydrogens (tertiary/aromatic N) is 1. The lowest BCUT2D eigenvalue weighted by molar-refractivity contribution is -0.138. The van der Waals surface area contributed by atoms with E-state index in [4.69, 9.17) is 9.84 Å². The minimum Gasteiger partial charge on any atom is -0.496 e. The predicted octanol–water partition coefficient (Wildman–Crippen LogP) is 2.78. The number of carboxylic acid groups (broad SMARTS) is 1. The standard InChI is InChI=1S/C14H18BrNO4/c1-4-16(9(2)7-13(17)18)14(19)10-5-6-12(20-3)11(15)8-10/h5-6,8-9H,4,7H2,1-3H3,(H,17,18). The molecular formula is C14H18BrNO4. The summed E-state index contributed by atoms with van der Waals surface area (Å²) in [5, 5.41) is 8.83. The molecule has 0 heterocycles. The number of halogens is 1. The molecule has 6 heteroatoms. The molecule has 0 aliphatic heterocycles. The van der Waals surface area contributed by atoms with Gasteiger partial charge in [-0.2, -0.15) is 0 Å². The zero-order chi connectivity index (χ0) is 15.3. The van der Waals surface area contributed by atoms with Crippen LogP contribution in [0.25, 0.3) is 0 Å². The smallest absolute Gasteiger partial charge is 0.305 e. The zero-order valence-electron chi connectivity index (χ0n) is 11.7. The van der Waals surface area contributed by atoms with Gasteiger partial charge >= 0.3 is 5.97 Å². The minimum absolute atomic E-state index is 0.0725. The molecule has 0 aliphatic carbocycles. The number of benzene rings is 1. The fourth-order valence-corrected chi connectivity index (χ4v) is 2.52. The van der Waals surface area contributed by atoms with E-state index in [0.717, 1.165) is 0 Å². The van der Waals surface area contributed by atoms with Crippen molar-refractivity contribution in [1.82, 2.24) is 4.90 Å². The highest BCUT2D eigenvalue weighted by molar-refractivity contribution is 9.10. The number of methoxy groups -OCH3 is 1. The molecule has 0 radical (unpaired) electrons. The minimum atomic E-state index is -0.917. The monoisotopic (exact) mass is 343 g/mol. The van der Waals surface area contributed by atoms with Crippen molar-refractivity contribution in [1.29, 1.82) is 0 Å². The number of hydrogen-bond acceptors (Lipinski definition) is 3. The SMILES string of the molecule is CCN(C(=O)c1ccc(OC)c(Br)c1)C(C)CC(=O)O. The highest BCUT2D eigenvalue weighted by atomic mass is 79.9. The molecule has 0 fully saturated rings. The highest BCUT2D eigenvalue weighted by Gasteiger charge is 2.22. The maximum absolute atomic E-state index is 12.4. The molecule has 0 saturated heterocycles. The fourth-order valence-electron chi connectivity index (χ4n) is 1.98. The van der Waals surface area contributed by atoms with Crippen molar-refractivity contribution in [2.45, 2.75) is 26.3 Å². The first-order chi connectivity index (χ1) is 9.40. The third-order valence-electron chi connectivity index (χ3n) is 3.00. The Morgan fingerprint density at radius 2 is 2.10 bits per heavy atom. The summed E-state index contributed by atoms with van der Waals surface area (Å²) in [4.78, 5) is 24.7. The van der Waals surface area contributed by atoms with Gasteiger partial charge in [0.1, 0.15) is 5.75 Å². The largest absolute Gasteiger partial charge is 0.496 e. The van der Waals surface area contributed by atoms with Gasteiger partial charge in [-0.15, -0.1) is 0 Å². The molecule has 1 aromatic carbocycles. The first-order valence-electron chi connectivity index (χ1n) is 6.27. The number of rotatable bonds is 6. The summed E-state index contributed by atoms with van der Waals surface area (Å²) in [5.41, 5.74) is 0.497. The quantitative estimate of drug-likeness (QED) is 0.862. The molecule has 1 atom stereocenters. The van der Waals surface area contributed by atoms with Crippen molar-refractivity contribution in [3.05, 3.63) is 28.2 Å². The summed E-state index contributed by atoms with van der Waals surface area (Å²) in [6, 6.07) is 4.69. The van der Waals surface area contributed by atoms with Crippen molar-refractivity contribution in [3.8, 4) is 5.75 Å². The second-order valence-electron chi connectivity index (χ2n) is 4.39. The average molecular weight is 344 g/mol. The molecule has 110 valence electrons. The van der Waals surface area contributed by atoms with Crippen LogP contribution in [0.4, 0.5) is 0 Å². The molecule has 5 nitrogen and oxygen atoms in total. The molecule has 1 amide bonds. The first-order valence-corrected chi connectivity index (χ1v) is 7.06. The van der Waals surface area contributed by atoms with E-state index in [1.54, 1.807) is 37.1 Å². The van der Waals surface area contributed by atoms with E-state index in [1.807, 2.05) is 6.92 Å². The van der Waals surface area contributed by atoms with Gasteiger partial charge in [0.25, 0.3) is 5.91 Å². The van der Waals surface area contributed by atoms with E-state index in [2.05, 4.69) is 15.9 Å². The molecule has 0 bridgehead atoms. The van der Waals surface area contributed by atoms with Crippen LogP contribution in [-0.4, -0.2) is 41.6 Å². The number of carbonyl (C=O) groups is 2.